The molecule has 4 heteroatoms. The Morgan fingerprint density at radius 2 is 2.21 bits per heavy atom. The van der Waals surface area contributed by atoms with E-state index in [0.29, 0.717) is 6.42 Å². The van der Waals surface area contributed by atoms with Crippen molar-refractivity contribution >= 4 is 21.8 Å². The summed E-state index contributed by atoms with van der Waals surface area (Å²) in [5, 5.41) is 3.32. The Morgan fingerprint density at radius 3 is 3.00 bits per heavy atom. The summed E-state index contributed by atoms with van der Waals surface area (Å²) < 4.78 is 1.12. The number of nitrogens with one attached hydrogen (secondary N) is 1. The van der Waals surface area contributed by atoms with Gasteiger partial charge in [-0.3, -0.25) is 4.79 Å². The third-order valence-electron chi connectivity index (χ3n) is 3.56. The van der Waals surface area contributed by atoms with Crippen LogP contribution < -0.4 is 5.32 Å². The minimum Gasteiger partial charge on any atom is -0.341 e. The number of halogens is 1. The van der Waals surface area contributed by atoms with Gasteiger partial charge in [-0.2, -0.15) is 0 Å². The van der Waals surface area contributed by atoms with Crippen molar-refractivity contribution in [2.75, 3.05) is 26.2 Å². The van der Waals surface area contributed by atoms with Gasteiger partial charge in [0.15, 0.2) is 0 Å². The van der Waals surface area contributed by atoms with Crippen LogP contribution in [0.2, 0.25) is 0 Å². The fourth-order valence-corrected chi connectivity index (χ4v) is 2.72. The minimum absolute atomic E-state index is 0.278. The highest BCUT2D eigenvalue weighted by Crippen LogP contribution is 2.18. The van der Waals surface area contributed by atoms with Crippen molar-refractivity contribution in [3.63, 3.8) is 0 Å². The van der Waals surface area contributed by atoms with Crippen molar-refractivity contribution in [2.45, 2.75) is 26.2 Å². The van der Waals surface area contributed by atoms with Crippen molar-refractivity contribution in [3.05, 3.63) is 33.8 Å². The molecule has 0 atom stereocenters. The van der Waals surface area contributed by atoms with Gasteiger partial charge in [-0.05, 0) is 43.5 Å². The molecule has 1 amide bonds. The Bertz CT molecular complexity index is 440. The van der Waals surface area contributed by atoms with E-state index in [1.807, 2.05) is 4.90 Å². The van der Waals surface area contributed by atoms with Crippen molar-refractivity contribution in [1.82, 2.24) is 10.2 Å². The maximum Gasteiger partial charge on any atom is 0.222 e. The van der Waals surface area contributed by atoms with E-state index in [0.717, 1.165) is 43.5 Å². The van der Waals surface area contributed by atoms with Gasteiger partial charge in [0.1, 0.15) is 0 Å². The summed E-state index contributed by atoms with van der Waals surface area (Å²) >= 11 is 3.54. The third kappa shape index (κ3) is 4.32. The van der Waals surface area contributed by atoms with Gasteiger partial charge in [0.25, 0.3) is 0 Å². The van der Waals surface area contributed by atoms with Crippen LogP contribution in [0, 0.1) is 6.92 Å². The van der Waals surface area contributed by atoms with Crippen molar-refractivity contribution in [2.24, 2.45) is 0 Å². The Labute approximate surface area is 123 Å². The molecule has 0 bridgehead atoms. The molecule has 0 unspecified atom stereocenters. The van der Waals surface area contributed by atoms with Crippen LogP contribution in [-0.2, 0) is 11.2 Å². The van der Waals surface area contributed by atoms with Crippen LogP contribution in [0.15, 0.2) is 22.7 Å². The molecule has 1 N–H and O–H groups in total. The van der Waals surface area contributed by atoms with Gasteiger partial charge in [-0.15, -0.1) is 0 Å². The molecule has 1 aliphatic heterocycles. The second kappa shape index (κ2) is 7.06. The molecule has 104 valence electrons. The van der Waals surface area contributed by atoms with E-state index in [2.05, 4.69) is 46.4 Å². The van der Waals surface area contributed by atoms with Crippen molar-refractivity contribution in [3.8, 4) is 0 Å². The van der Waals surface area contributed by atoms with E-state index in [1.165, 1.54) is 11.1 Å². The third-order valence-corrected chi connectivity index (χ3v) is 4.41. The molecule has 1 heterocycles. The predicted molar refractivity (Wildman–Crippen MR) is 81.3 cm³/mol. The number of hydrogen-bond donors (Lipinski definition) is 1. The number of carbonyl (C=O) groups is 1. The van der Waals surface area contributed by atoms with Crippen molar-refractivity contribution < 1.29 is 4.79 Å². The smallest absolute Gasteiger partial charge is 0.222 e. The summed E-state index contributed by atoms with van der Waals surface area (Å²) in [4.78, 5) is 14.2. The van der Waals surface area contributed by atoms with Crippen LogP contribution >= 0.6 is 15.9 Å². The van der Waals surface area contributed by atoms with Gasteiger partial charge >= 0.3 is 0 Å². The molecule has 19 heavy (non-hydrogen) atoms. The summed E-state index contributed by atoms with van der Waals surface area (Å²) in [5.41, 5.74) is 2.45. The van der Waals surface area contributed by atoms with Crippen LogP contribution in [0.3, 0.4) is 0 Å². The highest BCUT2D eigenvalue weighted by molar-refractivity contribution is 9.10. The topological polar surface area (TPSA) is 32.3 Å². The van der Waals surface area contributed by atoms with Crippen molar-refractivity contribution in [1.29, 1.82) is 0 Å². The number of carbonyl (C=O) groups excluding carboxylic acids is 1. The number of amides is 1. The fourth-order valence-electron chi connectivity index (χ4n) is 2.30. The SMILES string of the molecule is Cc1ccc(CCC(=O)N2CCCNCC2)cc1Br. The fraction of sp³-hybridized carbons (Fsp3) is 0.533. The summed E-state index contributed by atoms with van der Waals surface area (Å²) in [6.07, 6.45) is 2.49. The lowest BCUT2D eigenvalue weighted by atomic mass is 10.1. The first-order chi connectivity index (χ1) is 9.16. The van der Waals surface area contributed by atoms with E-state index >= 15 is 0 Å². The lowest BCUT2D eigenvalue weighted by Crippen LogP contribution is -2.34. The summed E-state index contributed by atoms with van der Waals surface area (Å²) in [5.74, 6) is 0.278. The van der Waals surface area contributed by atoms with Gasteiger partial charge in [0.05, 0.1) is 0 Å². The molecule has 0 radical (unpaired) electrons. The lowest BCUT2D eigenvalue weighted by Gasteiger charge is -2.19. The highest BCUT2D eigenvalue weighted by atomic mass is 79.9. The highest BCUT2D eigenvalue weighted by Gasteiger charge is 2.14. The zero-order valence-corrected chi connectivity index (χ0v) is 13.0. The number of nitrogens with zero attached hydrogens (tertiary/aromatic N) is 1. The maximum absolute atomic E-state index is 12.2. The molecule has 0 aromatic heterocycles. The molecular weight excluding hydrogens is 304 g/mol. The van der Waals surface area contributed by atoms with Crippen LogP contribution in [0.25, 0.3) is 0 Å². The van der Waals surface area contributed by atoms with E-state index in [9.17, 15) is 4.79 Å². The standard InChI is InChI=1S/C15H21BrN2O/c1-12-3-4-13(11-14(12)16)5-6-15(19)18-9-2-7-17-8-10-18/h3-4,11,17H,2,5-10H2,1H3. The quantitative estimate of drug-likeness (QED) is 0.926. The Balaban J connectivity index is 1.86. The molecule has 1 aromatic carbocycles. The molecule has 3 nitrogen and oxygen atoms in total. The second-order valence-corrected chi connectivity index (χ2v) is 5.92. The van der Waals surface area contributed by atoms with Gasteiger partial charge in [-0.25, -0.2) is 0 Å². The summed E-state index contributed by atoms with van der Waals surface area (Å²) in [7, 11) is 0. The molecule has 1 aromatic rings. The van der Waals surface area contributed by atoms with Crippen LogP contribution in [0.5, 0.6) is 0 Å². The lowest BCUT2D eigenvalue weighted by molar-refractivity contribution is -0.130. The van der Waals surface area contributed by atoms with E-state index in [4.69, 9.17) is 0 Å². The molecule has 0 aliphatic carbocycles. The van der Waals surface area contributed by atoms with E-state index < -0.39 is 0 Å². The Hall–Kier alpha value is -0.870. The molecule has 1 saturated heterocycles. The second-order valence-electron chi connectivity index (χ2n) is 5.07. The number of aryl methyl sites for hydroxylation is 2. The largest absolute Gasteiger partial charge is 0.341 e. The molecule has 0 spiro atoms. The molecule has 1 fully saturated rings. The first-order valence-electron chi connectivity index (χ1n) is 6.90. The van der Waals surface area contributed by atoms with Crippen LogP contribution in [0.1, 0.15) is 24.0 Å². The molecule has 2 rings (SSSR count). The zero-order valence-electron chi connectivity index (χ0n) is 11.4. The molecule has 1 aliphatic rings. The Morgan fingerprint density at radius 1 is 1.37 bits per heavy atom. The normalized spacial score (nSPS) is 16.2. The summed E-state index contributed by atoms with van der Waals surface area (Å²) in [6, 6.07) is 6.32. The zero-order chi connectivity index (χ0) is 13.7. The van der Waals surface area contributed by atoms with Crippen LogP contribution in [-0.4, -0.2) is 37.0 Å². The summed E-state index contributed by atoms with van der Waals surface area (Å²) in [6.45, 7) is 5.75. The van der Waals surface area contributed by atoms with Crippen LogP contribution in [0.4, 0.5) is 0 Å². The number of hydrogen-bond acceptors (Lipinski definition) is 2. The predicted octanol–water partition coefficient (Wildman–Crippen LogP) is 2.51. The van der Waals surface area contributed by atoms with E-state index in [-0.39, 0.29) is 5.91 Å². The maximum atomic E-state index is 12.2. The molecule has 0 saturated carbocycles. The minimum atomic E-state index is 0.278. The van der Waals surface area contributed by atoms with Gasteiger partial charge in [0, 0.05) is 30.5 Å². The van der Waals surface area contributed by atoms with Gasteiger partial charge in [0.2, 0.25) is 5.91 Å². The van der Waals surface area contributed by atoms with Gasteiger partial charge < -0.3 is 10.2 Å². The first-order valence-corrected chi connectivity index (χ1v) is 7.69. The average molecular weight is 325 g/mol. The average Bonchev–Trinajstić information content (AvgIpc) is 2.69. The Kier molecular flexibility index (Phi) is 5.40. The number of benzene rings is 1. The van der Waals surface area contributed by atoms with E-state index in [1.54, 1.807) is 0 Å². The first kappa shape index (κ1) is 14.5. The molecular formula is C15H21BrN2O. The number of rotatable bonds is 3. The monoisotopic (exact) mass is 324 g/mol. The van der Waals surface area contributed by atoms with Gasteiger partial charge in [-0.1, -0.05) is 28.1 Å².